The summed E-state index contributed by atoms with van der Waals surface area (Å²) in [5, 5.41) is 0. The number of rotatable bonds is 6. The highest BCUT2D eigenvalue weighted by molar-refractivity contribution is 5.87. The Balaban J connectivity index is 1.91. The Morgan fingerprint density at radius 2 is 1.95 bits per heavy atom. The first-order valence-electron chi connectivity index (χ1n) is 8.33. The Morgan fingerprint density at radius 1 is 1.21 bits per heavy atom. The summed E-state index contributed by atoms with van der Waals surface area (Å²) in [6.45, 7) is 4.95. The SMILES string of the molecule is CCOC1(C(=O)CCC2CCCC2)CCCC(C)C1. The van der Waals surface area contributed by atoms with Crippen LogP contribution in [-0.2, 0) is 9.53 Å². The van der Waals surface area contributed by atoms with Crippen molar-refractivity contribution in [3.63, 3.8) is 0 Å². The highest BCUT2D eigenvalue weighted by Crippen LogP contribution is 2.38. The zero-order chi connectivity index (χ0) is 13.7. The molecule has 19 heavy (non-hydrogen) atoms. The van der Waals surface area contributed by atoms with Gasteiger partial charge in [0.2, 0.25) is 0 Å². The number of carbonyl (C=O) groups excluding carboxylic acids is 1. The van der Waals surface area contributed by atoms with Crippen molar-refractivity contribution in [3.8, 4) is 0 Å². The quantitative estimate of drug-likeness (QED) is 0.707. The average molecular weight is 266 g/mol. The van der Waals surface area contributed by atoms with Crippen LogP contribution in [0.5, 0.6) is 0 Å². The van der Waals surface area contributed by atoms with Gasteiger partial charge < -0.3 is 4.74 Å². The predicted octanol–water partition coefficient (Wildman–Crippen LogP) is 4.51. The van der Waals surface area contributed by atoms with E-state index in [9.17, 15) is 4.79 Å². The zero-order valence-electron chi connectivity index (χ0n) is 12.7. The van der Waals surface area contributed by atoms with Crippen LogP contribution in [0, 0.1) is 11.8 Å². The summed E-state index contributed by atoms with van der Waals surface area (Å²) in [4.78, 5) is 12.7. The van der Waals surface area contributed by atoms with Crippen molar-refractivity contribution < 1.29 is 9.53 Å². The third kappa shape index (κ3) is 3.81. The first kappa shape index (κ1) is 15.0. The van der Waals surface area contributed by atoms with Gasteiger partial charge in [-0.1, -0.05) is 39.0 Å². The molecule has 0 saturated heterocycles. The second-order valence-electron chi connectivity index (χ2n) is 6.74. The maximum absolute atomic E-state index is 12.7. The van der Waals surface area contributed by atoms with Gasteiger partial charge in [-0.2, -0.15) is 0 Å². The molecule has 2 aliphatic carbocycles. The second kappa shape index (κ2) is 6.88. The van der Waals surface area contributed by atoms with Crippen LogP contribution < -0.4 is 0 Å². The summed E-state index contributed by atoms with van der Waals surface area (Å²) in [6, 6.07) is 0. The number of ether oxygens (including phenoxy) is 1. The van der Waals surface area contributed by atoms with Crippen LogP contribution in [0.4, 0.5) is 0 Å². The fourth-order valence-electron chi connectivity index (χ4n) is 4.11. The Bertz CT molecular complexity index is 290. The monoisotopic (exact) mass is 266 g/mol. The first-order valence-corrected chi connectivity index (χ1v) is 8.33. The Kier molecular flexibility index (Phi) is 5.44. The van der Waals surface area contributed by atoms with E-state index < -0.39 is 5.60 Å². The lowest BCUT2D eigenvalue weighted by atomic mass is 9.75. The molecule has 0 radical (unpaired) electrons. The summed E-state index contributed by atoms with van der Waals surface area (Å²) in [6.07, 6.45) is 11.6. The van der Waals surface area contributed by atoms with Crippen LogP contribution in [0.25, 0.3) is 0 Å². The topological polar surface area (TPSA) is 26.3 Å². The number of hydrogen-bond donors (Lipinski definition) is 0. The number of hydrogen-bond acceptors (Lipinski definition) is 2. The molecule has 0 amide bonds. The van der Waals surface area contributed by atoms with Gasteiger partial charge in [-0.05, 0) is 44.4 Å². The fourth-order valence-corrected chi connectivity index (χ4v) is 4.11. The molecule has 0 bridgehead atoms. The van der Waals surface area contributed by atoms with Gasteiger partial charge in [0, 0.05) is 13.0 Å². The third-order valence-electron chi connectivity index (χ3n) is 5.14. The zero-order valence-corrected chi connectivity index (χ0v) is 12.7. The molecule has 0 aromatic carbocycles. The van der Waals surface area contributed by atoms with Crippen LogP contribution in [-0.4, -0.2) is 18.0 Å². The first-order chi connectivity index (χ1) is 9.16. The van der Waals surface area contributed by atoms with Crippen LogP contribution in [0.2, 0.25) is 0 Å². The van der Waals surface area contributed by atoms with Gasteiger partial charge in [0.1, 0.15) is 5.60 Å². The lowest BCUT2D eigenvalue weighted by Gasteiger charge is -2.38. The van der Waals surface area contributed by atoms with Crippen LogP contribution in [0.15, 0.2) is 0 Å². The van der Waals surface area contributed by atoms with E-state index >= 15 is 0 Å². The lowest BCUT2D eigenvalue weighted by Crippen LogP contribution is -2.45. The molecule has 0 spiro atoms. The smallest absolute Gasteiger partial charge is 0.164 e. The van der Waals surface area contributed by atoms with E-state index in [0.29, 0.717) is 18.3 Å². The Hall–Kier alpha value is -0.370. The van der Waals surface area contributed by atoms with Gasteiger partial charge in [0.15, 0.2) is 5.78 Å². The lowest BCUT2D eigenvalue weighted by molar-refractivity contribution is -0.151. The summed E-state index contributed by atoms with van der Waals surface area (Å²) in [5.74, 6) is 1.84. The average Bonchev–Trinajstić information content (AvgIpc) is 2.89. The predicted molar refractivity (Wildman–Crippen MR) is 78.2 cm³/mol. The standard InChI is InChI=1S/C17H30O2/c1-3-19-17(12-6-7-14(2)13-17)16(18)11-10-15-8-4-5-9-15/h14-15H,3-13H2,1-2H3. The van der Waals surface area contributed by atoms with E-state index in [1.165, 1.54) is 32.1 Å². The fraction of sp³-hybridized carbons (Fsp3) is 0.941. The van der Waals surface area contributed by atoms with Crippen LogP contribution in [0.3, 0.4) is 0 Å². The van der Waals surface area contributed by atoms with Crippen LogP contribution >= 0.6 is 0 Å². The number of ketones is 1. The number of Topliss-reactive ketones (excluding diaryl/α,β-unsaturated/α-hetero) is 1. The molecule has 0 aliphatic heterocycles. The van der Waals surface area contributed by atoms with Crippen molar-refractivity contribution in [2.75, 3.05) is 6.61 Å². The van der Waals surface area contributed by atoms with E-state index in [2.05, 4.69) is 6.92 Å². The summed E-state index contributed by atoms with van der Waals surface area (Å²) in [5.41, 5.74) is -0.426. The molecule has 0 N–H and O–H groups in total. The molecule has 2 atom stereocenters. The molecule has 2 rings (SSSR count). The van der Waals surface area contributed by atoms with Gasteiger partial charge in [-0.15, -0.1) is 0 Å². The molecule has 2 aliphatic rings. The minimum absolute atomic E-state index is 0.396. The maximum Gasteiger partial charge on any atom is 0.164 e. The van der Waals surface area contributed by atoms with Crippen molar-refractivity contribution in [1.82, 2.24) is 0 Å². The maximum atomic E-state index is 12.7. The van der Waals surface area contributed by atoms with Crippen molar-refractivity contribution in [3.05, 3.63) is 0 Å². The summed E-state index contributed by atoms with van der Waals surface area (Å²) < 4.78 is 5.97. The van der Waals surface area contributed by atoms with Gasteiger partial charge >= 0.3 is 0 Å². The van der Waals surface area contributed by atoms with Gasteiger partial charge in [0.05, 0.1) is 0 Å². The molecule has 110 valence electrons. The van der Waals surface area contributed by atoms with E-state index in [0.717, 1.165) is 38.0 Å². The highest BCUT2D eigenvalue weighted by Gasteiger charge is 2.41. The minimum Gasteiger partial charge on any atom is -0.367 e. The second-order valence-corrected chi connectivity index (χ2v) is 6.74. The van der Waals surface area contributed by atoms with Crippen molar-refractivity contribution in [1.29, 1.82) is 0 Å². The largest absolute Gasteiger partial charge is 0.367 e. The normalized spacial score (nSPS) is 32.6. The van der Waals surface area contributed by atoms with Crippen molar-refractivity contribution >= 4 is 5.78 Å². The van der Waals surface area contributed by atoms with E-state index in [1.54, 1.807) is 0 Å². The molecule has 2 nitrogen and oxygen atoms in total. The van der Waals surface area contributed by atoms with E-state index in [-0.39, 0.29) is 0 Å². The molecule has 0 aromatic rings. The molecule has 2 saturated carbocycles. The Morgan fingerprint density at radius 3 is 2.58 bits per heavy atom. The van der Waals surface area contributed by atoms with Crippen molar-refractivity contribution in [2.45, 2.75) is 83.7 Å². The molecule has 0 heterocycles. The summed E-state index contributed by atoms with van der Waals surface area (Å²) >= 11 is 0. The molecule has 2 unspecified atom stereocenters. The minimum atomic E-state index is -0.426. The molecular weight excluding hydrogens is 236 g/mol. The van der Waals surface area contributed by atoms with E-state index in [4.69, 9.17) is 4.74 Å². The van der Waals surface area contributed by atoms with Gasteiger partial charge in [0.25, 0.3) is 0 Å². The molecule has 2 fully saturated rings. The highest BCUT2D eigenvalue weighted by atomic mass is 16.5. The van der Waals surface area contributed by atoms with Crippen molar-refractivity contribution in [2.24, 2.45) is 11.8 Å². The van der Waals surface area contributed by atoms with E-state index in [1.807, 2.05) is 6.92 Å². The van der Waals surface area contributed by atoms with Gasteiger partial charge in [-0.3, -0.25) is 4.79 Å². The van der Waals surface area contributed by atoms with Crippen LogP contribution in [0.1, 0.15) is 78.1 Å². The third-order valence-corrected chi connectivity index (χ3v) is 5.14. The molecule has 2 heteroatoms. The molecular formula is C17H30O2. The molecule has 0 aromatic heterocycles. The Labute approximate surface area is 118 Å². The van der Waals surface area contributed by atoms with Gasteiger partial charge in [-0.25, -0.2) is 0 Å². The number of carbonyl (C=O) groups is 1. The summed E-state index contributed by atoms with van der Waals surface area (Å²) in [7, 11) is 0.